The zero-order valence-corrected chi connectivity index (χ0v) is 15.9. The molecule has 1 N–H and O–H groups in total. The van der Waals surface area contributed by atoms with E-state index in [1.165, 1.54) is 17.0 Å². The van der Waals surface area contributed by atoms with Crippen molar-refractivity contribution in [3.05, 3.63) is 29.8 Å². The van der Waals surface area contributed by atoms with Crippen molar-refractivity contribution in [3.8, 4) is 0 Å². The maximum atomic E-state index is 12.6. The molecular weight excluding hydrogens is 416 g/mol. The fourth-order valence-electron chi connectivity index (χ4n) is 3.98. The van der Waals surface area contributed by atoms with E-state index in [2.05, 4.69) is 5.32 Å². The van der Waals surface area contributed by atoms with Gasteiger partial charge in [-0.15, -0.1) is 0 Å². The Morgan fingerprint density at radius 1 is 0.900 bits per heavy atom. The number of benzene rings is 1. The smallest absolute Gasteiger partial charge is 0.342 e. The molecule has 2 aliphatic heterocycles. The second kappa shape index (κ2) is 7.99. The third-order valence-corrected chi connectivity index (χ3v) is 5.72. The van der Waals surface area contributed by atoms with Gasteiger partial charge in [0, 0.05) is 31.9 Å². The Labute approximate surface area is 169 Å². The first-order valence-electron chi connectivity index (χ1n) is 9.45. The number of urea groups is 1. The number of piperidine rings is 1. The van der Waals surface area contributed by atoms with Crippen LogP contribution in [-0.2, 0) is 11.0 Å². The molecule has 0 aromatic heterocycles. The Kier molecular flexibility index (Phi) is 5.92. The molecule has 0 atom stereocenters. The highest BCUT2D eigenvalue weighted by molar-refractivity contribution is 5.89. The van der Waals surface area contributed by atoms with Gasteiger partial charge in [-0.3, -0.25) is 4.79 Å². The third-order valence-electron chi connectivity index (χ3n) is 5.72. The molecule has 0 saturated carbocycles. The molecular formula is C19H21F6N3O2. The minimum absolute atomic E-state index is 0.212. The molecule has 1 spiro atoms. The average molecular weight is 437 g/mol. The van der Waals surface area contributed by atoms with Gasteiger partial charge in [-0.2, -0.15) is 26.3 Å². The first-order chi connectivity index (χ1) is 13.9. The van der Waals surface area contributed by atoms with Crippen LogP contribution >= 0.6 is 0 Å². The zero-order chi connectivity index (χ0) is 22.2. The van der Waals surface area contributed by atoms with Crippen LogP contribution in [0.15, 0.2) is 24.3 Å². The monoisotopic (exact) mass is 437 g/mol. The van der Waals surface area contributed by atoms with E-state index in [1.807, 2.05) is 0 Å². The quantitative estimate of drug-likeness (QED) is 0.693. The molecule has 2 saturated heterocycles. The summed E-state index contributed by atoms with van der Waals surface area (Å²) in [5, 5.41) is 2.57. The molecule has 3 rings (SSSR count). The number of nitrogens with zero attached hydrogens (tertiary/aromatic N) is 2. The number of hydrogen-bond donors (Lipinski definition) is 1. The van der Waals surface area contributed by atoms with E-state index >= 15 is 0 Å². The number of rotatable bonds is 2. The fourth-order valence-corrected chi connectivity index (χ4v) is 3.98. The van der Waals surface area contributed by atoms with Crippen molar-refractivity contribution in [2.45, 2.75) is 38.0 Å². The topological polar surface area (TPSA) is 52.7 Å². The van der Waals surface area contributed by atoms with Crippen LogP contribution in [-0.4, -0.2) is 54.1 Å². The number of carbonyl (C=O) groups excluding carboxylic acids is 2. The van der Waals surface area contributed by atoms with Gasteiger partial charge in [0.15, 0.2) is 0 Å². The highest BCUT2D eigenvalue weighted by Crippen LogP contribution is 2.41. The minimum Gasteiger partial charge on any atom is -0.342 e. The summed E-state index contributed by atoms with van der Waals surface area (Å²) in [5.74, 6) is -0.938. The summed E-state index contributed by atoms with van der Waals surface area (Å²) >= 11 is 0. The Morgan fingerprint density at radius 3 is 1.93 bits per heavy atom. The molecule has 1 aromatic carbocycles. The third kappa shape index (κ3) is 5.37. The van der Waals surface area contributed by atoms with E-state index in [4.69, 9.17) is 0 Å². The van der Waals surface area contributed by atoms with Crippen molar-refractivity contribution < 1.29 is 35.9 Å². The lowest BCUT2D eigenvalue weighted by atomic mass is 9.77. The van der Waals surface area contributed by atoms with Gasteiger partial charge in [0.1, 0.15) is 6.42 Å². The Bertz CT molecular complexity index is 783. The first kappa shape index (κ1) is 22.2. The number of anilines is 1. The van der Waals surface area contributed by atoms with Gasteiger partial charge < -0.3 is 15.1 Å². The maximum Gasteiger partial charge on any atom is 0.416 e. The SMILES string of the molecule is O=C(CC(F)(F)F)N1CCC2(CC1)CCN(C(=O)Nc1ccc(C(F)(F)F)cc1)C2. The van der Waals surface area contributed by atoms with Crippen LogP contribution in [0.5, 0.6) is 0 Å². The van der Waals surface area contributed by atoms with Crippen molar-refractivity contribution in [3.63, 3.8) is 0 Å². The Balaban J connectivity index is 1.52. The number of alkyl halides is 6. The highest BCUT2D eigenvalue weighted by atomic mass is 19.4. The van der Waals surface area contributed by atoms with Crippen molar-refractivity contribution in [1.82, 2.24) is 9.80 Å². The van der Waals surface area contributed by atoms with Gasteiger partial charge in [-0.25, -0.2) is 4.79 Å². The summed E-state index contributed by atoms with van der Waals surface area (Å²) in [7, 11) is 0. The van der Waals surface area contributed by atoms with E-state index in [-0.39, 0.29) is 24.2 Å². The van der Waals surface area contributed by atoms with Crippen LogP contribution in [0.3, 0.4) is 0 Å². The van der Waals surface area contributed by atoms with Crippen molar-refractivity contribution in [2.24, 2.45) is 5.41 Å². The number of nitrogens with one attached hydrogen (secondary N) is 1. The second-order valence-corrected chi connectivity index (χ2v) is 7.85. The minimum atomic E-state index is -4.53. The number of hydrogen-bond acceptors (Lipinski definition) is 2. The van der Waals surface area contributed by atoms with Crippen LogP contribution in [0.4, 0.5) is 36.8 Å². The predicted octanol–water partition coefficient (Wildman–Crippen LogP) is 4.50. The Morgan fingerprint density at radius 2 is 1.43 bits per heavy atom. The van der Waals surface area contributed by atoms with E-state index in [0.29, 0.717) is 32.4 Å². The number of halogens is 6. The standard InChI is InChI=1S/C19H21F6N3O2/c20-18(21,22)11-15(29)27-8-5-17(6-9-27)7-10-28(12-17)16(30)26-14-3-1-13(2-4-14)19(23,24)25/h1-4H,5-12H2,(H,26,30). The molecule has 5 nitrogen and oxygen atoms in total. The summed E-state index contributed by atoms with van der Waals surface area (Å²) in [6.07, 6.45) is -8.80. The first-order valence-corrected chi connectivity index (χ1v) is 9.45. The van der Waals surface area contributed by atoms with E-state index in [9.17, 15) is 35.9 Å². The summed E-state index contributed by atoms with van der Waals surface area (Å²) in [5.41, 5.74) is -0.832. The van der Waals surface area contributed by atoms with Crippen molar-refractivity contribution in [1.29, 1.82) is 0 Å². The average Bonchev–Trinajstić information content (AvgIpc) is 3.04. The fraction of sp³-hybridized carbons (Fsp3) is 0.579. The predicted molar refractivity (Wildman–Crippen MR) is 95.6 cm³/mol. The molecule has 2 aliphatic rings. The zero-order valence-electron chi connectivity index (χ0n) is 15.9. The summed E-state index contributed by atoms with van der Waals surface area (Å²) in [6, 6.07) is 3.68. The van der Waals surface area contributed by atoms with Gasteiger partial charge in [-0.05, 0) is 48.9 Å². The van der Waals surface area contributed by atoms with Crippen LogP contribution in [0.2, 0.25) is 0 Å². The van der Waals surface area contributed by atoms with Crippen LogP contribution in [0.25, 0.3) is 0 Å². The normalized spacial score (nSPS) is 19.3. The lowest BCUT2D eigenvalue weighted by Gasteiger charge is -2.39. The molecule has 1 aromatic rings. The van der Waals surface area contributed by atoms with Gasteiger partial charge in [0.05, 0.1) is 5.56 Å². The van der Waals surface area contributed by atoms with Gasteiger partial charge >= 0.3 is 18.4 Å². The molecule has 2 heterocycles. The second-order valence-electron chi connectivity index (χ2n) is 7.85. The highest BCUT2D eigenvalue weighted by Gasteiger charge is 2.44. The van der Waals surface area contributed by atoms with Crippen LogP contribution in [0.1, 0.15) is 31.2 Å². The lowest BCUT2D eigenvalue weighted by Crippen LogP contribution is -2.45. The van der Waals surface area contributed by atoms with Gasteiger partial charge in [0.2, 0.25) is 5.91 Å². The van der Waals surface area contributed by atoms with E-state index in [1.54, 1.807) is 4.90 Å². The number of likely N-dealkylation sites (tertiary alicyclic amines) is 2. The summed E-state index contributed by atoms with van der Waals surface area (Å²) in [4.78, 5) is 27.0. The van der Waals surface area contributed by atoms with Crippen LogP contribution in [0, 0.1) is 5.41 Å². The molecule has 11 heteroatoms. The summed E-state index contributed by atoms with van der Waals surface area (Å²) in [6.45, 7) is 1.25. The summed E-state index contributed by atoms with van der Waals surface area (Å²) < 4.78 is 75.0. The molecule has 30 heavy (non-hydrogen) atoms. The number of amides is 3. The molecule has 0 radical (unpaired) electrons. The molecule has 3 amide bonds. The van der Waals surface area contributed by atoms with E-state index < -0.39 is 36.3 Å². The largest absolute Gasteiger partial charge is 0.416 e. The maximum absolute atomic E-state index is 12.6. The van der Waals surface area contributed by atoms with Crippen LogP contribution < -0.4 is 5.32 Å². The molecule has 0 bridgehead atoms. The Hall–Kier alpha value is -2.46. The molecule has 166 valence electrons. The van der Waals surface area contributed by atoms with E-state index in [0.717, 1.165) is 12.1 Å². The lowest BCUT2D eigenvalue weighted by molar-refractivity contribution is -0.162. The molecule has 0 unspecified atom stereocenters. The number of carbonyl (C=O) groups is 2. The van der Waals surface area contributed by atoms with Gasteiger partial charge in [-0.1, -0.05) is 0 Å². The molecule has 0 aliphatic carbocycles. The van der Waals surface area contributed by atoms with Crippen molar-refractivity contribution in [2.75, 3.05) is 31.5 Å². The van der Waals surface area contributed by atoms with Gasteiger partial charge in [0.25, 0.3) is 0 Å². The van der Waals surface area contributed by atoms with Crippen molar-refractivity contribution >= 4 is 17.6 Å². The molecule has 2 fully saturated rings.